The van der Waals surface area contributed by atoms with Crippen molar-refractivity contribution in [3.05, 3.63) is 267 Å². The van der Waals surface area contributed by atoms with E-state index in [2.05, 4.69) is 151 Å². The third-order valence-corrected chi connectivity index (χ3v) is 36.8. The molecule has 22 rings (SSSR count). The van der Waals surface area contributed by atoms with E-state index in [1.165, 1.54) is 148 Å². The highest BCUT2D eigenvalue weighted by Crippen LogP contribution is 2.43. The lowest BCUT2D eigenvalue weighted by molar-refractivity contribution is -0.0755. The van der Waals surface area contributed by atoms with Gasteiger partial charge in [0.1, 0.15) is 11.9 Å². The number of Topliss-reactive ketones (excluding diaryl/α,β-unsaturated/α-hetero) is 4. The standard InChI is InChI=1S/C28H31ClN2O3S.C25H27N3OS.C24H27ClN2O2.C23H35N3O2.C22H30N2O/c29-19-9-13-22(14-10-19)35(33,34)23-17-20-11-12-21(18-23)30(20)15-4-16-31-25-6-2-1-5-24(25)28-26(31)7-3-8-27(28)32;1-18(29)21-17-28(23-9-4-2-7-20(21)23)14-6-13-27-15-11-19(12-16-27)25-26-22-8-3-5-10-24(22)30-25;1-18(28)23-17-27(24-6-3-2-5-22(23)24)14-4-13-26-15-11-21(12-16-26)29-20-9-7-19(25)8-10-20;1-4-5-9-19-12-16-25(17-13-19)14-8-15-26-18-21(23(27)24(2)28-3)20-10-6-7-11-22(20)26;1-17(25)21-16-24(22-10-5-4-9-20(21)22)13-6-12-23-14-11-18-7-2-3-8-19(18)15-23/h1-2,5-6,9-10,13-14,20-21,23H,3-4,7-8,11-12,15-18H2;2-5,7-10,17,19H,6,11-16H2,1H3;2-3,5-10,17,21H,4,11-16H2,1H3;6-7,10-11,18-19H,4-5,8-9,12-17H2,1-3H3;4-5,9-10,16,18-19H,2-3,6-8,11-15H2,1H3. The summed E-state index contributed by atoms with van der Waals surface area (Å²) in [5.41, 5.74) is 12.3. The molecule has 1 amide bonds. The Bertz CT molecular complexity index is 6890. The number of aryl methyl sites for hydroxylation is 5. The number of hydrogen-bond acceptors (Lipinski definition) is 16. The normalized spacial score (nSPS) is 19.4. The molecule has 1 saturated carbocycles. The second-order valence-electron chi connectivity index (χ2n) is 42.5. The highest BCUT2D eigenvalue weighted by molar-refractivity contribution is 7.92. The van der Waals surface area contributed by atoms with E-state index in [1.807, 2.05) is 109 Å². The average molecular weight is 2060 g/mol. The Labute approximate surface area is 883 Å². The lowest BCUT2D eigenvalue weighted by Gasteiger charge is -2.41. The van der Waals surface area contributed by atoms with Crippen LogP contribution in [0.4, 0.5) is 0 Å². The summed E-state index contributed by atoms with van der Waals surface area (Å²) in [4.78, 5) is 84.4. The Hall–Kier alpha value is -10.4. The number of hydrogen-bond donors (Lipinski definition) is 0. The van der Waals surface area contributed by atoms with E-state index in [0.717, 1.165) is 255 Å². The van der Waals surface area contributed by atoms with Crippen molar-refractivity contribution >= 4 is 138 Å². The predicted molar refractivity (Wildman–Crippen MR) is 599 cm³/mol. The maximum Gasteiger partial charge on any atom is 0.279 e. The first kappa shape index (κ1) is 106. The number of nitrogens with zero attached hydrogens (tertiary/aromatic N) is 12. The van der Waals surface area contributed by atoms with Crippen LogP contribution in [0.25, 0.3) is 64.7 Å². The molecule has 0 spiro atoms. The van der Waals surface area contributed by atoms with E-state index in [0.29, 0.717) is 52.7 Å². The van der Waals surface area contributed by atoms with Crippen LogP contribution in [0.5, 0.6) is 5.75 Å². The van der Waals surface area contributed by atoms with Gasteiger partial charge >= 0.3 is 0 Å². The molecule has 4 atom stereocenters. The van der Waals surface area contributed by atoms with Gasteiger partial charge in [-0.1, -0.05) is 172 Å². The molecule has 7 fully saturated rings. The number of unbranched alkanes of at least 4 members (excludes halogenated alkanes) is 1. The van der Waals surface area contributed by atoms with Crippen molar-refractivity contribution in [1.82, 2.24) is 57.4 Å². The van der Waals surface area contributed by atoms with Crippen LogP contribution in [0.15, 0.2) is 224 Å². The van der Waals surface area contributed by atoms with Crippen LogP contribution in [0.2, 0.25) is 10.0 Å². The molecule has 147 heavy (non-hydrogen) atoms. The van der Waals surface area contributed by atoms with Gasteiger partial charge in [0.25, 0.3) is 5.91 Å². The molecular weight excluding hydrogens is 1910 g/mol. The van der Waals surface area contributed by atoms with E-state index >= 15 is 0 Å². The summed E-state index contributed by atoms with van der Waals surface area (Å²) in [6.07, 6.45) is 38.4. The number of carbonyl (C=O) groups excluding carboxylic acids is 5. The van der Waals surface area contributed by atoms with Gasteiger partial charge in [0, 0.05) is 208 Å². The molecule has 778 valence electrons. The monoisotopic (exact) mass is 2060 g/mol. The zero-order valence-electron chi connectivity index (χ0n) is 87.1. The van der Waals surface area contributed by atoms with Crippen molar-refractivity contribution in [3.63, 3.8) is 0 Å². The number of likely N-dealkylation sites (tertiary alicyclic amines) is 4. The first-order valence-corrected chi connectivity index (χ1v) is 57.9. The number of piperidine rings is 5. The summed E-state index contributed by atoms with van der Waals surface area (Å²) < 4.78 is 45.3. The van der Waals surface area contributed by atoms with Crippen LogP contribution in [-0.2, 0) is 53.8 Å². The summed E-state index contributed by atoms with van der Waals surface area (Å²) in [5.74, 6) is 5.01. The van der Waals surface area contributed by atoms with E-state index in [9.17, 15) is 32.4 Å². The summed E-state index contributed by atoms with van der Waals surface area (Å²) in [6, 6.07) is 64.4. The summed E-state index contributed by atoms with van der Waals surface area (Å²) in [7, 11) is -0.177. The fraction of sp³-hybridized carbons (Fsp3) is 0.475. The number of rotatable bonds is 33. The maximum atomic E-state index is 13.3. The molecule has 6 saturated heterocycles. The number of amides is 1. The number of hydroxylamine groups is 2. The maximum absolute atomic E-state index is 13.3. The molecule has 6 aliphatic heterocycles. The zero-order valence-corrected chi connectivity index (χ0v) is 90.3. The van der Waals surface area contributed by atoms with E-state index < -0.39 is 9.84 Å². The Kier molecular flexibility index (Phi) is 36.6. The minimum Gasteiger partial charge on any atom is -0.490 e. The molecule has 0 N–H and O–H groups in total. The van der Waals surface area contributed by atoms with Crippen molar-refractivity contribution in [2.45, 2.75) is 262 Å². The van der Waals surface area contributed by atoms with Crippen LogP contribution < -0.4 is 4.74 Å². The SMILES string of the molecule is CC(=O)c1cn(CCCN2CCC(Oc3ccc(Cl)cc3)CC2)c2ccccc12.CC(=O)c1cn(CCCN2CCC(c3nc4ccccc4s3)CC2)c2ccccc12.CC(=O)c1cn(CCCN2CCC3CCCCC3C2)c2ccccc12.CCCCC1CCN(CCCn2cc(C(=O)N(C)OC)c3ccccc32)CC1.O=C1CCCc2c1c1ccccc1n2CCCN1C2CCC1CC(S(=O)(=O)c1ccc(Cl)cc1)C2. The van der Waals surface area contributed by atoms with Gasteiger partial charge in [-0.2, -0.15) is 0 Å². The van der Waals surface area contributed by atoms with Gasteiger partial charge in [0.05, 0.1) is 38.0 Å². The van der Waals surface area contributed by atoms with Gasteiger partial charge in [0.2, 0.25) is 0 Å². The Balaban J connectivity index is 0.000000121. The van der Waals surface area contributed by atoms with Crippen molar-refractivity contribution in [3.8, 4) is 5.75 Å². The lowest BCUT2D eigenvalue weighted by Crippen LogP contribution is -2.47. The van der Waals surface area contributed by atoms with E-state index in [4.69, 9.17) is 37.8 Å². The van der Waals surface area contributed by atoms with Crippen LogP contribution in [0, 0.1) is 17.8 Å². The molecule has 2 bridgehead atoms. The fourth-order valence-electron chi connectivity index (χ4n) is 24.9. The quantitative estimate of drug-likeness (QED) is 0.0278. The van der Waals surface area contributed by atoms with Crippen LogP contribution in [-0.4, -0.2) is 218 Å². The Morgan fingerprint density at radius 1 is 0.449 bits per heavy atom. The fourth-order valence-corrected chi connectivity index (χ4v) is 28.2. The molecule has 2 aliphatic carbocycles. The molecule has 0 radical (unpaired) electrons. The van der Waals surface area contributed by atoms with Crippen LogP contribution >= 0.6 is 34.5 Å². The van der Waals surface area contributed by atoms with Gasteiger partial charge in [-0.15, -0.1) is 11.3 Å². The number of aromatic nitrogens is 6. The third-order valence-electron chi connectivity index (χ3n) is 32.9. The number of ether oxygens (including phenoxy) is 1. The molecule has 8 aromatic carbocycles. The number of para-hydroxylation sites is 6. The summed E-state index contributed by atoms with van der Waals surface area (Å²) >= 11 is 13.8. The zero-order chi connectivity index (χ0) is 102. The minimum atomic E-state index is -3.35. The van der Waals surface area contributed by atoms with Gasteiger partial charge < -0.3 is 47.2 Å². The molecule has 4 unspecified atom stereocenters. The van der Waals surface area contributed by atoms with Crippen molar-refractivity contribution in [2.24, 2.45) is 17.8 Å². The van der Waals surface area contributed by atoms with Crippen LogP contribution in [0.1, 0.15) is 257 Å². The summed E-state index contributed by atoms with van der Waals surface area (Å²) in [5, 5.41) is 8.89. The Morgan fingerprint density at radius 2 is 0.891 bits per heavy atom. The molecule has 14 aromatic rings. The van der Waals surface area contributed by atoms with Crippen LogP contribution in [0.3, 0.4) is 0 Å². The summed E-state index contributed by atoms with van der Waals surface area (Å²) in [6.45, 7) is 26.9. The van der Waals surface area contributed by atoms with Gasteiger partial charge in [-0.3, -0.25) is 33.7 Å². The average Bonchev–Trinajstić information content (AvgIpc) is 1.57. The molecule has 25 heteroatoms. The predicted octanol–water partition coefficient (Wildman–Crippen LogP) is 26.1. The number of ketones is 4. The molecular formula is C122H150Cl2N12O9S2. The highest BCUT2D eigenvalue weighted by Gasteiger charge is 2.45. The van der Waals surface area contributed by atoms with Gasteiger partial charge in [-0.25, -0.2) is 18.5 Å². The van der Waals surface area contributed by atoms with Gasteiger partial charge in [0.15, 0.2) is 33.0 Å². The molecule has 8 aliphatic rings. The van der Waals surface area contributed by atoms with E-state index in [1.54, 1.807) is 52.1 Å². The van der Waals surface area contributed by atoms with Crippen molar-refractivity contribution < 1.29 is 42.0 Å². The molecule has 21 nitrogen and oxygen atoms in total. The van der Waals surface area contributed by atoms with E-state index in [-0.39, 0.29) is 40.4 Å². The number of halogens is 2. The lowest BCUT2D eigenvalue weighted by atomic mass is 9.75. The first-order chi connectivity index (χ1) is 71.6. The number of carbonyl (C=O) groups is 5. The molecule has 12 heterocycles. The number of fused-ring (bicyclic) bond motifs is 11. The van der Waals surface area contributed by atoms with Crippen molar-refractivity contribution in [2.75, 3.05) is 99.2 Å². The van der Waals surface area contributed by atoms with Crippen molar-refractivity contribution in [1.29, 1.82) is 0 Å². The number of sulfone groups is 1. The minimum absolute atomic E-state index is 0.105. The van der Waals surface area contributed by atoms with Gasteiger partial charge in [-0.05, 0) is 310 Å². The number of thiazole rings is 1. The largest absolute Gasteiger partial charge is 0.490 e. The number of benzene rings is 8. The second kappa shape index (κ2) is 50.5. The topological polar surface area (TPSA) is 195 Å². The smallest absolute Gasteiger partial charge is 0.279 e. The molecule has 6 aromatic heterocycles. The first-order valence-electron chi connectivity index (χ1n) is 54.8. The highest BCUT2D eigenvalue weighted by atomic mass is 35.5. The Morgan fingerprint density at radius 3 is 1.40 bits per heavy atom. The third kappa shape index (κ3) is 26.1. The second-order valence-corrected chi connectivity index (χ2v) is 46.7.